The molecule has 19 heavy (non-hydrogen) atoms. The second kappa shape index (κ2) is 5.83. The average Bonchev–Trinajstić information content (AvgIpc) is 2.41. The van der Waals surface area contributed by atoms with Crippen molar-refractivity contribution in [2.75, 3.05) is 24.7 Å². The van der Waals surface area contributed by atoms with Gasteiger partial charge in [-0.15, -0.1) is 0 Å². The SMILES string of the molecule is CCCn1ccnc(N2CCOCC2C(=O)O)c1=O. The summed E-state index contributed by atoms with van der Waals surface area (Å²) >= 11 is 0. The van der Waals surface area contributed by atoms with E-state index in [4.69, 9.17) is 4.74 Å². The number of carboxylic acid groups (broad SMARTS) is 1. The van der Waals surface area contributed by atoms with Crippen LogP contribution in [0.25, 0.3) is 0 Å². The van der Waals surface area contributed by atoms with E-state index in [1.54, 1.807) is 10.8 Å². The van der Waals surface area contributed by atoms with Crippen molar-refractivity contribution in [1.82, 2.24) is 9.55 Å². The minimum absolute atomic E-state index is 0.0686. The van der Waals surface area contributed by atoms with Crippen LogP contribution < -0.4 is 10.5 Å². The number of rotatable bonds is 4. The molecule has 2 rings (SSSR count). The Labute approximate surface area is 110 Å². The van der Waals surface area contributed by atoms with Crippen LogP contribution in [0.5, 0.6) is 0 Å². The number of hydrogen-bond donors (Lipinski definition) is 1. The van der Waals surface area contributed by atoms with Gasteiger partial charge in [-0.05, 0) is 6.42 Å². The molecular formula is C12H17N3O4. The van der Waals surface area contributed by atoms with Crippen LogP contribution in [0, 0.1) is 0 Å². The summed E-state index contributed by atoms with van der Waals surface area (Å²) in [4.78, 5) is 29.0. The van der Waals surface area contributed by atoms with E-state index in [2.05, 4.69) is 4.98 Å². The van der Waals surface area contributed by atoms with Gasteiger partial charge in [-0.25, -0.2) is 9.78 Å². The lowest BCUT2D eigenvalue weighted by molar-refractivity contribution is -0.141. The summed E-state index contributed by atoms with van der Waals surface area (Å²) in [5, 5.41) is 9.18. The summed E-state index contributed by atoms with van der Waals surface area (Å²) in [6.45, 7) is 3.39. The summed E-state index contributed by atoms with van der Waals surface area (Å²) in [6, 6.07) is -0.855. The van der Waals surface area contributed by atoms with Crippen molar-refractivity contribution in [2.45, 2.75) is 25.9 Å². The van der Waals surface area contributed by atoms with Crippen molar-refractivity contribution in [3.63, 3.8) is 0 Å². The van der Waals surface area contributed by atoms with E-state index < -0.39 is 12.0 Å². The smallest absolute Gasteiger partial charge is 0.328 e. The Hall–Kier alpha value is -1.89. The van der Waals surface area contributed by atoms with E-state index in [1.807, 2.05) is 6.92 Å². The number of nitrogens with zero attached hydrogens (tertiary/aromatic N) is 3. The number of aryl methyl sites for hydroxylation is 1. The first kappa shape index (κ1) is 13.5. The van der Waals surface area contributed by atoms with Gasteiger partial charge in [0.05, 0.1) is 13.2 Å². The van der Waals surface area contributed by atoms with Crippen LogP contribution in [0.15, 0.2) is 17.2 Å². The molecule has 1 unspecified atom stereocenters. The van der Waals surface area contributed by atoms with Gasteiger partial charge >= 0.3 is 5.97 Å². The summed E-state index contributed by atoms with van der Waals surface area (Å²) in [7, 11) is 0. The highest BCUT2D eigenvalue weighted by Gasteiger charge is 2.31. The second-order valence-electron chi connectivity index (χ2n) is 4.37. The quantitative estimate of drug-likeness (QED) is 0.823. The molecular weight excluding hydrogens is 250 g/mol. The van der Waals surface area contributed by atoms with Crippen LogP contribution in [0.1, 0.15) is 13.3 Å². The first-order valence-electron chi connectivity index (χ1n) is 6.27. The van der Waals surface area contributed by atoms with Crippen molar-refractivity contribution >= 4 is 11.8 Å². The molecule has 1 N–H and O–H groups in total. The fraction of sp³-hybridized carbons (Fsp3) is 0.583. The van der Waals surface area contributed by atoms with Gasteiger partial charge in [0, 0.05) is 25.5 Å². The van der Waals surface area contributed by atoms with Crippen LogP contribution in [0.2, 0.25) is 0 Å². The number of carboxylic acids is 1. The molecule has 0 aromatic carbocycles. The number of morpholine rings is 1. The summed E-state index contributed by atoms with van der Waals surface area (Å²) < 4.78 is 6.71. The van der Waals surface area contributed by atoms with Gasteiger partial charge in [0.15, 0.2) is 11.9 Å². The topological polar surface area (TPSA) is 84.7 Å². The number of carbonyl (C=O) groups is 1. The fourth-order valence-electron chi connectivity index (χ4n) is 2.11. The molecule has 0 radical (unpaired) electrons. The number of aliphatic carboxylic acids is 1. The molecule has 0 aliphatic carbocycles. The van der Waals surface area contributed by atoms with Crippen molar-refractivity contribution in [2.24, 2.45) is 0 Å². The highest BCUT2D eigenvalue weighted by atomic mass is 16.5. The molecule has 1 aliphatic heterocycles. The maximum Gasteiger partial charge on any atom is 0.328 e. The molecule has 1 fully saturated rings. The molecule has 1 aromatic heterocycles. The third-order valence-electron chi connectivity index (χ3n) is 3.05. The number of aromatic nitrogens is 2. The Morgan fingerprint density at radius 1 is 1.63 bits per heavy atom. The maximum absolute atomic E-state index is 12.3. The fourth-order valence-corrected chi connectivity index (χ4v) is 2.11. The van der Waals surface area contributed by atoms with Gasteiger partial charge in [0.1, 0.15) is 0 Å². The molecule has 0 bridgehead atoms. The van der Waals surface area contributed by atoms with E-state index in [0.29, 0.717) is 19.7 Å². The first-order chi connectivity index (χ1) is 9.15. The van der Waals surface area contributed by atoms with E-state index >= 15 is 0 Å². The number of hydrogen-bond acceptors (Lipinski definition) is 5. The third-order valence-corrected chi connectivity index (χ3v) is 3.05. The highest BCUT2D eigenvalue weighted by molar-refractivity contribution is 5.78. The average molecular weight is 267 g/mol. The number of ether oxygens (including phenoxy) is 1. The lowest BCUT2D eigenvalue weighted by atomic mass is 10.2. The minimum atomic E-state index is -1.01. The van der Waals surface area contributed by atoms with Crippen LogP contribution in [0.4, 0.5) is 5.82 Å². The molecule has 0 saturated carbocycles. The molecule has 104 valence electrons. The largest absolute Gasteiger partial charge is 0.480 e. The van der Waals surface area contributed by atoms with Gasteiger partial charge in [0.25, 0.3) is 5.56 Å². The molecule has 0 spiro atoms. The van der Waals surface area contributed by atoms with Gasteiger partial charge in [-0.2, -0.15) is 0 Å². The van der Waals surface area contributed by atoms with Crippen molar-refractivity contribution in [1.29, 1.82) is 0 Å². The molecule has 7 nitrogen and oxygen atoms in total. The molecule has 2 heterocycles. The summed E-state index contributed by atoms with van der Waals surface area (Å²) in [6.07, 6.45) is 3.97. The molecule has 0 amide bonds. The molecule has 1 saturated heterocycles. The van der Waals surface area contributed by atoms with Crippen molar-refractivity contribution in [3.05, 3.63) is 22.7 Å². The van der Waals surface area contributed by atoms with E-state index in [-0.39, 0.29) is 18.0 Å². The Morgan fingerprint density at radius 3 is 3.11 bits per heavy atom. The maximum atomic E-state index is 12.3. The molecule has 7 heteroatoms. The zero-order chi connectivity index (χ0) is 13.8. The summed E-state index contributed by atoms with van der Waals surface area (Å²) in [5.74, 6) is -0.821. The second-order valence-corrected chi connectivity index (χ2v) is 4.37. The standard InChI is InChI=1S/C12H17N3O4/c1-2-4-14-5-3-13-10(11(14)16)15-6-7-19-8-9(15)12(17)18/h3,5,9H,2,4,6-8H2,1H3,(H,17,18). The molecule has 1 atom stereocenters. The van der Waals surface area contributed by atoms with Crippen LogP contribution in [-0.4, -0.2) is 46.4 Å². The Morgan fingerprint density at radius 2 is 2.42 bits per heavy atom. The van der Waals surface area contributed by atoms with E-state index in [0.717, 1.165) is 6.42 Å². The Kier molecular flexibility index (Phi) is 4.16. The Bertz CT molecular complexity index is 514. The highest BCUT2D eigenvalue weighted by Crippen LogP contribution is 2.13. The number of anilines is 1. The van der Waals surface area contributed by atoms with E-state index in [9.17, 15) is 14.7 Å². The third kappa shape index (κ3) is 2.76. The zero-order valence-electron chi connectivity index (χ0n) is 10.8. The lowest BCUT2D eigenvalue weighted by Gasteiger charge is -2.33. The van der Waals surface area contributed by atoms with Gasteiger partial charge < -0.3 is 19.3 Å². The van der Waals surface area contributed by atoms with Gasteiger partial charge in [-0.3, -0.25) is 4.79 Å². The minimum Gasteiger partial charge on any atom is -0.480 e. The predicted octanol–water partition coefficient (Wildman–Crippen LogP) is -0.0569. The van der Waals surface area contributed by atoms with Crippen molar-refractivity contribution < 1.29 is 14.6 Å². The normalized spacial score (nSPS) is 19.4. The van der Waals surface area contributed by atoms with Crippen LogP contribution in [-0.2, 0) is 16.1 Å². The van der Waals surface area contributed by atoms with Crippen LogP contribution in [0.3, 0.4) is 0 Å². The monoisotopic (exact) mass is 267 g/mol. The molecule has 1 aromatic rings. The Balaban J connectivity index is 2.36. The van der Waals surface area contributed by atoms with Crippen LogP contribution >= 0.6 is 0 Å². The lowest BCUT2D eigenvalue weighted by Crippen LogP contribution is -2.52. The van der Waals surface area contributed by atoms with Gasteiger partial charge in [-0.1, -0.05) is 6.92 Å². The zero-order valence-corrected chi connectivity index (χ0v) is 10.8. The van der Waals surface area contributed by atoms with Gasteiger partial charge in [0.2, 0.25) is 0 Å². The summed E-state index contributed by atoms with van der Waals surface area (Å²) in [5.41, 5.74) is -0.252. The predicted molar refractivity (Wildman–Crippen MR) is 68.4 cm³/mol. The first-order valence-corrected chi connectivity index (χ1v) is 6.27. The van der Waals surface area contributed by atoms with Crippen molar-refractivity contribution in [3.8, 4) is 0 Å². The van der Waals surface area contributed by atoms with E-state index in [1.165, 1.54) is 11.1 Å². The molecule has 1 aliphatic rings.